The first-order valence-corrected chi connectivity index (χ1v) is 5.93. The molecule has 1 N–H and O–H groups in total. The average Bonchev–Trinajstić information content (AvgIpc) is 2.27. The fourth-order valence-electron chi connectivity index (χ4n) is 2.32. The lowest BCUT2D eigenvalue weighted by atomic mass is 9.87. The van der Waals surface area contributed by atoms with Crippen molar-refractivity contribution in [1.29, 1.82) is 0 Å². The van der Waals surface area contributed by atoms with Crippen molar-refractivity contribution in [2.75, 3.05) is 6.54 Å². The van der Waals surface area contributed by atoms with Gasteiger partial charge in [-0.2, -0.15) is 0 Å². The van der Waals surface area contributed by atoms with Crippen LogP contribution in [-0.2, 0) is 6.54 Å². The SMILES string of the molecule is CC1(C)C(O)CCCN1Cc1cccnc1. The second kappa shape index (κ2) is 4.52. The summed E-state index contributed by atoms with van der Waals surface area (Å²) in [5.41, 5.74) is 1.08. The van der Waals surface area contributed by atoms with Gasteiger partial charge in [-0.3, -0.25) is 9.88 Å². The van der Waals surface area contributed by atoms with Crippen LogP contribution in [-0.4, -0.2) is 33.2 Å². The van der Waals surface area contributed by atoms with E-state index in [0.29, 0.717) is 0 Å². The molecule has 3 nitrogen and oxygen atoms in total. The maximum atomic E-state index is 10.0. The summed E-state index contributed by atoms with van der Waals surface area (Å²) in [6.45, 7) is 6.16. The van der Waals surface area contributed by atoms with Crippen LogP contribution < -0.4 is 0 Å². The summed E-state index contributed by atoms with van der Waals surface area (Å²) in [6.07, 6.45) is 5.45. The molecule has 1 aromatic rings. The maximum absolute atomic E-state index is 10.0. The number of rotatable bonds is 2. The van der Waals surface area contributed by atoms with Crippen LogP contribution in [0.3, 0.4) is 0 Å². The topological polar surface area (TPSA) is 36.4 Å². The highest BCUT2D eigenvalue weighted by Gasteiger charge is 2.37. The molecule has 2 rings (SSSR count). The lowest BCUT2D eigenvalue weighted by Gasteiger charge is -2.45. The number of piperidine rings is 1. The molecule has 0 bridgehead atoms. The molecule has 0 amide bonds. The second-order valence-electron chi connectivity index (χ2n) is 5.09. The minimum absolute atomic E-state index is 0.131. The Hall–Kier alpha value is -0.930. The molecule has 1 saturated heterocycles. The molecule has 1 fully saturated rings. The Morgan fingerprint density at radius 3 is 3.06 bits per heavy atom. The van der Waals surface area contributed by atoms with Gasteiger partial charge in [-0.1, -0.05) is 6.07 Å². The highest BCUT2D eigenvalue weighted by atomic mass is 16.3. The van der Waals surface area contributed by atoms with Crippen molar-refractivity contribution in [2.45, 2.75) is 44.9 Å². The van der Waals surface area contributed by atoms with Crippen LogP contribution >= 0.6 is 0 Å². The Balaban J connectivity index is 2.09. The summed E-state index contributed by atoms with van der Waals surface area (Å²) in [5.74, 6) is 0. The molecule has 0 aromatic carbocycles. The zero-order chi connectivity index (χ0) is 11.6. The van der Waals surface area contributed by atoms with E-state index < -0.39 is 0 Å². The molecule has 16 heavy (non-hydrogen) atoms. The molecule has 1 aliphatic heterocycles. The van der Waals surface area contributed by atoms with Gasteiger partial charge in [-0.05, 0) is 44.9 Å². The molecule has 0 aliphatic carbocycles. The third-order valence-electron chi connectivity index (χ3n) is 3.63. The van der Waals surface area contributed by atoms with Crippen LogP contribution in [0, 0.1) is 0 Å². The van der Waals surface area contributed by atoms with Gasteiger partial charge in [-0.25, -0.2) is 0 Å². The smallest absolute Gasteiger partial charge is 0.0719 e. The van der Waals surface area contributed by atoms with Crippen LogP contribution in [0.4, 0.5) is 0 Å². The molecule has 1 unspecified atom stereocenters. The van der Waals surface area contributed by atoms with Gasteiger partial charge in [0.25, 0.3) is 0 Å². The van der Waals surface area contributed by atoms with Gasteiger partial charge in [0.1, 0.15) is 0 Å². The molecule has 1 atom stereocenters. The number of aliphatic hydroxyl groups excluding tert-OH is 1. The number of hydrogen-bond acceptors (Lipinski definition) is 3. The Bertz CT molecular complexity index is 337. The summed E-state index contributed by atoms with van der Waals surface area (Å²) >= 11 is 0. The Labute approximate surface area is 97.1 Å². The molecule has 0 spiro atoms. The van der Waals surface area contributed by atoms with E-state index in [4.69, 9.17) is 0 Å². The third kappa shape index (κ3) is 2.25. The summed E-state index contributed by atoms with van der Waals surface area (Å²) in [5, 5.41) is 10.0. The van der Waals surface area contributed by atoms with Gasteiger partial charge in [0, 0.05) is 24.5 Å². The average molecular weight is 220 g/mol. The van der Waals surface area contributed by atoms with Crippen molar-refractivity contribution in [2.24, 2.45) is 0 Å². The maximum Gasteiger partial charge on any atom is 0.0719 e. The minimum atomic E-state index is -0.224. The highest BCUT2D eigenvalue weighted by molar-refractivity contribution is 5.09. The molecule has 2 heterocycles. The number of nitrogens with zero attached hydrogens (tertiary/aromatic N) is 2. The number of pyridine rings is 1. The van der Waals surface area contributed by atoms with Gasteiger partial charge in [-0.15, -0.1) is 0 Å². The zero-order valence-electron chi connectivity index (χ0n) is 10.1. The van der Waals surface area contributed by atoms with Gasteiger partial charge in [0.15, 0.2) is 0 Å². The summed E-state index contributed by atoms with van der Waals surface area (Å²) in [4.78, 5) is 6.47. The lowest BCUT2D eigenvalue weighted by molar-refractivity contribution is -0.0481. The van der Waals surface area contributed by atoms with E-state index in [2.05, 4.69) is 29.8 Å². The molecule has 0 saturated carbocycles. The van der Waals surface area contributed by atoms with Crippen LogP contribution in [0.1, 0.15) is 32.3 Å². The summed E-state index contributed by atoms with van der Waals surface area (Å²) in [6, 6.07) is 4.05. The van der Waals surface area contributed by atoms with E-state index >= 15 is 0 Å². The van der Waals surface area contributed by atoms with E-state index in [-0.39, 0.29) is 11.6 Å². The number of hydrogen-bond donors (Lipinski definition) is 1. The molecule has 1 aliphatic rings. The first-order chi connectivity index (χ1) is 7.60. The predicted molar refractivity (Wildman–Crippen MR) is 64.0 cm³/mol. The predicted octanol–water partition coefficient (Wildman–Crippen LogP) is 1.82. The van der Waals surface area contributed by atoms with E-state index in [1.807, 2.05) is 12.3 Å². The van der Waals surface area contributed by atoms with Crippen molar-refractivity contribution < 1.29 is 5.11 Å². The van der Waals surface area contributed by atoms with Crippen molar-refractivity contribution in [3.8, 4) is 0 Å². The molecule has 0 radical (unpaired) electrons. The largest absolute Gasteiger partial charge is 0.391 e. The Morgan fingerprint density at radius 1 is 1.56 bits per heavy atom. The van der Waals surface area contributed by atoms with E-state index in [0.717, 1.165) is 25.9 Å². The van der Waals surface area contributed by atoms with Crippen molar-refractivity contribution in [3.05, 3.63) is 30.1 Å². The monoisotopic (exact) mass is 220 g/mol. The van der Waals surface area contributed by atoms with Crippen molar-refractivity contribution >= 4 is 0 Å². The quantitative estimate of drug-likeness (QED) is 0.826. The van der Waals surface area contributed by atoms with Crippen molar-refractivity contribution in [3.63, 3.8) is 0 Å². The fourth-order valence-corrected chi connectivity index (χ4v) is 2.32. The zero-order valence-corrected chi connectivity index (χ0v) is 10.1. The minimum Gasteiger partial charge on any atom is -0.391 e. The normalized spacial score (nSPS) is 25.6. The number of likely N-dealkylation sites (tertiary alicyclic amines) is 1. The first-order valence-electron chi connectivity index (χ1n) is 5.93. The summed E-state index contributed by atoms with van der Waals surface area (Å²) < 4.78 is 0. The van der Waals surface area contributed by atoms with Gasteiger partial charge < -0.3 is 5.11 Å². The molecular weight excluding hydrogens is 200 g/mol. The van der Waals surface area contributed by atoms with Crippen LogP contribution in [0.5, 0.6) is 0 Å². The first kappa shape index (κ1) is 11.6. The Kier molecular flexibility index (Phi) is 3.26. The van der Waals surface area contributed by atoms with E-state index in [1.54, 1.807) is 6.20 Å². The van der Waals surface area contributed by atoms with Crippen LogP contribution in [0.2, 0.25) is 0 Å². The van der Waals surface area contributed by atoms with Gasteiger partial charge in [0.2, 0.25) is 0 Å². The fraction of sp³-hybridized carbons (Fsp3) is 0.615. The van der Waals surface area contributed by atoms with Crippen LogP contribution in [0.15, 0.2) is 24.5 Å². The molecule has 1 aromatic heterocycles. The summed E-state index contributed by atoms with van der Waals surface area (Å²) in [7, 11) is 0. The van der Waals surface area contributed by atoms with E-state index in [1.165, 1.54) is 5.56 Å². The number of aromatic nitrogens is 1. The third-order valence-corrected chi connectivity index (χ3v) is 3.63. The van der Waals surface area contributed by atoms with Gasteiger partial charge >= 0.3 is 0 Å². The van der Waals surface area contributed by atoms with E-state index in [9.17, 15) is 5.11 Å². The lowest BCUT2D eigenvalue weighted by Crippen LogP contribution is -2.55. The standard InChI is InChI=1S/C13H20N2O/c1-13(2)12(16)6-4-8-15(13)10-11-5-3-7-14-9-11/h3,5,7,9,12,16H,4,6,8,10H2,1-2H3. The van der Waals surface area contributed by atoms with Crippen LogP contribution in [0.25, 0.3) is 0 Å². The van der Waals surface area contributed by atoms with Gasteiger partial charge in [0.05, 0.1) is 6.10 Å². The van der Waals surface area contributed by atoms with Crippen molar-refractivity contribution in [1.82, 2.24) is 9.88 Å². The molecule has 3 heteroatoms. The Morgan fingerprint density at radius 2 is 2.38 bits per heavy atom. The number of aliphatic hydroxyl groups is 1. The molecule has 88 valence electrons. The second-order valence-corrected chi connectivity index (χ2v) is 5.09. The highest BCUT2D eigenvalue weighted by Crippen LogP contribution is 2.29. The molecular formula is C13H20N2O.